The third-order valence-corrected chi connectivity index (χ3v) is 6.65. The molecular weight excluding hydrogens is 380 g/mol. The van der Waals surface area contributed by atoms with Crippen molar-refractivity contribution in [3.05, 3.63) is 53.0 Å². The molecule has 7 nitrogen and oxygen atoms in total. The van der Waals surface area contributed by atoms with Crippen molar-refractivity contribution in [1.82, 2.24) is 9.62 Å². The molecule has 1 aromatic carbocycles. The normalized spacial score (nSPS) is 19.6. The summed E-state index contributed by atoms with van der Waals surface area (Å²) in [5.41, 5.74) is 1.95. The van der Waals surface area contributed by atoms with Gasteiger partial charge in [-0.3, -0.25) is 4.79 Å². The summed E-state index contributed by atoms with van der Waals surface area (Å²) in [6.07, 6.45) is 2.02. The van der Waals surface area contributed by atoms with Gasteiger partial charge >= 0.3 is 0 Å². The number of hydrogen-bond acceptors (Lipinski definition) is 5. The van der Waals surface area contributed by atoms with Crippen LogP contribution in [-0.2, 0) is 39.1 Å². The summed E-state index contributed by atoms with van der Waals surface area (Å²) in [6, 6.07) is 8.67. The Hall–Kier alpha value is -2.16. The number of rotatable bonds is 5. The third kappa shape index (κ3) is 3.99. The van der Waals surface area contributed by atoms with Crippen LogP contribution in [0.15, 0.2) is 39.6 Å². The van der Waals surface area contributed by atoms with E-state index >= 15 is 0 Å². The van der Waals surface area contributed by atoms with Gasteiger partial charge in [-0.05, 0) is 61.6 Å². The Morgan fingerprint density at radius 1 is 1.25 bits per heavy atom. The zero-order chi connectivity index (χ0) is 19.7. The molecule has 1 saturated heterocycles. The molecule has 1 atom stereocenters. The standard InChI is InChI=1S/C20H24N2O5S/c1-14-4-6-17(27-14)12-21-28(24,25)18-7-5-15-8-9-22(13-16(15)11-18)20(23)19-3-2-10-26-19/h4-7,11,19,21H,2-3,8-10,12-13H2,1H3/t19-/m1/s1. The Bertz CT molecular complexity index is 976. The molecule has 0 spiro atoms. The quantitative estimate of drug-likeness (QED) is 0.825. The van der Waals surface area contributed by atoms with Crippen LogP contribution in [0.4, 0.5) is 0 Å². The summed E-state index contributed by atoms with van der Waals surface area (Å²) in [5.74, 6) is 1.30. The van der Waals surface area contributed by atoms with Gasteiger partial charge in [-0.2, -0.15) is 0 Å². The van der Waals surface area contributed by atoms with Crippen molar-refractivity contribution in [2.75, 3.05) is 13.2 Å². The molecule has 2 aliphatic rings. The first kappa shape index (κ1) is 19.2. The van der Waals surface area contributed by atoms with Crippen molar-refractivity contribution in [3.8, 4) is 0 Å². The number of nitrogens with zero attached hydrogens (tertiary/aromatic N) is 1. The molecule has 1 fully saturated rings. The van der Waals surface area contributed by atoms with Gasteiger partial charge in [0.05, 0.1) is 11.4 Å². The molecule has 1 aromatic heterocycles. The summed E-state index contributed by atoms with van der Waals surface area (Å²) in [4.78, 5) is 14.6. The number of furan rings is 1. The number of amides is 1. The number of sulfonamides is 1. The molecule has 0 aliphatic carbocycles. The van der Waals surface area contributed by atoms with E-state index in [1.54, 1.807) is 29.2 Å². The van der Waals surface area contributed by atoms with Crippen LogP contribution in [0.3, 0.4) is 0 Å². The predicted molar refractivity (Wildman–Crippen MR) is 102 cm³/mol. The van der Waals surface area contributed by atoms with Crippen LogP contribution in [0.1, 0.15) is 35.5 Å². The lowest BCUT2D eigenvalue weighted by Gasteiger charge is -2.30. The van der Waals surface area contributed by atoms with Gasteiger partial charge in [-0.1, -0.05) is 6.07 Å². The van der Waals surface area contributed by atoms with Crippen molar-refractivity contribution in [3.63, 3.8) is 0 Å². The Balaban J connectivity index is 1.48. The lowest BCUT2D eigenvalue weighted by Crippen LogP contribution is -2.42. The van der Waals surface area contributed by atoms with Crippen LogP contribution in [0, 0.1) is 6.92 Å². The first-order valence-electron chi connectivity index (χ1n) is 9.49. The Kier molecular flexibility index (Phi) is 5.27. The van der Waals surface area contributed by atoms with E-state index in [1.165, 1.54) is 0 Å². The predicted octanol–water partition coefficient (Wildman–Crippen LogP) is 2.13. The number of hydrogen-bond donors (Lipinski definition) is 1. The van der Waals surface area contributed by atoms with Crippen molar-refractivity contribution in [2.45, 2.75) is 50.3 Å². The van der Waals surface area contributed by atoms with Gasteiger partial charge in [-0.25, -0.2) is 13.1 Å². The van der Waals surface area contributed by atoms with E-state index < -0.39 is 10.0 Å². The minimum Gasteiger partial charge on any atom is -0.465 e. The fourth-order valence-electron chi connectivity index (χ4n) is 3.69. The molecule has 150 valence electrons. The average Bonchev–Trinajstić information content (AvgIpc) is 3.37. The van der Waals surface area contributed by atoms with E-state index in [0.717, 1.165) is 29.7 Å². The number of fused-ring (bicyclic) bond motifs is 1. The van der Waals surface area contributed by atoms with Crippen LogP contribution >= 0.6 is 0 Å². The highest BCUT2D eigenvalue weighted by molar-refractivity contribution is 7.89. The highest BCUT2D eigenvalue weighted by Gasteiger charge is 2.30. The Labute approximate surface area is 164 Å². The second-order valence-electron chi connectivity index (χ2n) is 7.28. The van der Waals surface area contributed by atoms with Crippen LogP contribution in [0.25, 0.3) is 0 Å². The lowest BCUT2D eigenvalue weighted by molar-refractivity contribution is -0.141. The van der Waals surface area contributed by atoms with Crippen molar-refractivity contribution in [2.24, 2.45) is 0 Å². The first-order valence-corrected chi connectivity index (χ1v) is 11.0. The first-order chi connectivity index (χ1) is 13.4. The fourth-order valence-corrected chi connectivity index (χ4v) is 4.74. The minimum atomic E-state index is -3.67. The molecule has 0 unspecified atom stereocenters. The summed E-state index contributed by atoms with van der Waals surface area (Å²) < 4.78 is 38.8. The number of carbonyl (C=O) groups excluding carboxylic acids is 1. The van der Waals surface area contributed by atoms with E-state index in [0.29, 0.717) is 31.9 Å². The zero-order valence-corrected chi connectivity index (χ0v) is 16.6. The summed E-state index contributed by atoms with van der Waals surface area (Å²) in [7, 11) is -3.67. The van der Waals surface area contributed by atoms with Crippen LogP contribution < -0.4 is 4.72 Å². The molecule has 2 aliphatic heterocycles. The summed E-state index contributed by atoms with van der Waals surface area (Å²) >= 11 is 0. The number of nitrogens with one attached hydrogen (secondary N) is 1. The molecule has 4 rings (SSSR count). The fraction of sp³-hybridized carbons (Fsp3) is 0.450. The number of aryl methyl sites for hydroxylation is 1. The third-order valence-electron chi connectivity index (χ3n) is 5.25. The van der Waals surface area contributed by atoms with E-state index in [2.05, 4.69) is 4.72 Å². The minimum absolute atomic E-state index is 0.00252. The molecule has 2 aromatic rings. The largest absolute Gasteiger partial charge is 0.465 e. The van der Waals surface area contributed by atoms with Gasteiger partial charge in [0.15, 0.2) is 0 Å². The zero-order valence-electron chi connectivity index (χ0n) is 15.8. The monoisotopic (exact) mass is 404 g/mol. The second kappa shape index (κ2) is 7.69. The molecule has 0 radical (unpaired) electrons. The highest BCUT2D eigenvalue weighted by Crippen LogP contribution is 2.25. The van der Waals surface area contributed by atoms with Gasteiger partial charge < -0.3 is 14.1 Å². The van der Waals surface area contributed by atoms with Gasteiger partial charge in [0.25, 0.3) is 5.91 Å². The van der Waals surface area contributed by atoms with Crippen LogP contribution in [-0.4, -0.2) is 38.5 Å². The lowest BCUT2D eigenvalue weighted by atomic mass is 9.99. The number of ether oxygens (including phenoxy) is 1. The maximum absolute atomic E-state index is 12.7. The SMILES string of the molecule is Cc1ccc(CNS(=O)(=O)c2ccc3c(c2)CN(C(=O)[C@H]2CCCO2)CC3)o1. The molecule has 1 amide bonds. The maximum atomic E-state index is 12.7. The smallest absolute Gasteiger partial charge is 0.252 e. The van der Waals surface area contributed by atoms with E-state index in [1.807, 2.05) is 13.0 Å². The molecule has 3 heterocycles. The van der Waals surface area contributed by atoms with Crippen molar-refractivity contribution in [1.29, 1.82) is 0 Å². The highest BCUT2D eigenvalue weighted by atomic mass is 32.2. The van der Waals surface area contributed by atoms with E-state index in [-0.39, 0.29) is 23.5 Å². The van der Waals surface area contributed by atoms with Gasteiger partial charge in [0, 0.05) is 19.7 Å². The van der Waals surface area contributed by atoms with Crippen LogP contribution in [0.5, 0.6) is 0 Å². The van der Waals surface area contributed by atoms with Crippen molar-refractivity contribution < 1.29 is 22.4 Å². The molecule has 8 heteroatoms. The number of benzene rings is 1. The Morgan fingerprint density at radius 3 is 2.82 bits per heavy atom. The van der Waals surface area contributed by atoms with E-state index in [4.69, 9.17) is 9.15 Å². The van der Waals surface area contributed by atoms with E-state index in [9.17, 15) is 13.2 Å². The number of carbonyl (C=O) groups is 1. The van der Waals surface area contributed by atoms with Gasteiger partial charge in [-0.15, -0.1) is 0 Å². The molecule has 0 saturated carbocycles. The van der Waals surface area contributed by atoms with Crippen molar-refractivity contribution >= 4 is 15.9 Å². The van der Waals surface area contributed by atoms with Crippen LogP contribution in [0.2, 0.25) is 0 Å². The Morgan fingerprint density at radius 2 is 2.11 bits per heavy atom. The van der Waals surface area contributed by atoms with Gasteiger partial charge in [0.1, 0.15) is 17.6 Å². The second-order valence-corrected chi connectivity index (χ2v) is 9.05. The molecule has 28 heavy (non-hydrogen) atoms. The maximum Gasteiger partial charge on any atom is 0.252 e. The average molecular weight is 404 g/mol. The van der Waals surface area contributed by atoms with Gasteiger partial charge in [0.2, 0.25) is 10.0 Å². The summed E-state index contributed by atoms with van der Waals surface area (Å²) in [6.45, 7) is 3.58. The topological polar surface area (TPSA) is 88.9 Å². The molecule has 0 bridgehead atoms. The summed E-state index contributed by atoms with van der Waals surface area (Å²) in [5, 5.41) is 0. The molecule has 1 N–H and O–H groups in total. The molecular formula is C20H24N2O5S.